The maximum absolute atomic E-state index is 10.9. The van der Waals surface area contributed by atoms with E-state index in [-0.39, 0.29) is 19.0 Å². The fraction of sp³-hybridized carbons (Fsp3) is 0.294. The lowest BCUT2D eigenvalue weighted by atomic mass is 10.2. The number of halogens is 2. The first-order valence-corrected chi connectivity index (χ1v) is 8.36. The van der Waals surface area contributed by atoms with Crippen molar-refractivity contribution in [3.05, 3.63) is 52.3 Å². The number of rotatable bonds is 9. The highest BCUT2D eigenvalue weighted by atomic mass is 79.9. The lowest BCUT2D eigenvalue weighted by Crippen LogP contribution is -2.20. The van der Waals surface area contributed by atoms with Crippen LogP contribution in [0, 0.1) is 0 Å². The number of benzene rings is 1. The highest BCUT2D eigenvalue weighted by molar-refractivity contribution is 9.10. The molecule has 8 heteroatoms. The lowest BCUT2D eigenvalue weighted by Gasteiger charge is -2.15. The van der Waals surface area contributed by atoms with Gasteiger partial charge in [-0.2, -0.15) is 0 Å². The number of pyridine rings is 1. The Morgan fingerprint density at radius 2 is 2.08 bits per heavy atom. The Bertz CT molecular complexity index is 686. The summed E-state index contributed by atoms with van der Waals surface area (Å²) in [6.07, 6.45) is 1.77. The Kier molecular flexibility index (Phi) is 9.26. The topological polar surface area (TPSA) is 86.5 Å². The van der Waals surface area contributed by atoms with Crippen LogP contribution >= 0.6 is 28.3 Å². The number of nitrogens with one attached hydrogen (secondary N) is 1. The van der Waals surface area contributed by atoms with Crippen molar-refractivity contribution in [2.24, 2.45) is 5.73 Å². The van der Waals surface area contributed by atoms with E-state index in [2.05, 4.69) is 26.2 Å². The van der Waals surface area contributed by atoms with Crippen molar-refractivity contribution in [2.75, 3.05) is 13.2 Å². The standard InChI is InChI=1S/C17H20BrN3O3.ClH/c1-2-23-15-8-12(7-14(18)17(15)24-11-16(19)22)9-20-10-13-5-3-4-6-21-13;/h3-8,20H,2,9-11H2,1H3,(H2,19,22);1H. The fourth-order valence-electron chi connectivity index (χ4n) is 2.11. The van der Waals surface area contributed by atoms with Crippen LogP contribution in [0.15, 0.2) is 41.0 Å². The summed E-state index contributed by atoms with van der Waals surface area (Å²) in [6, 6.07) is 9.62. The van der Waals surface area contributed by atoms with Crippen molar-refractivity contribution < 1.29 is 14.3 Å². The zero-order valence-corrected chi connectivity index (χ0v) is 16.2. The predicted octanol–water partition coefficient (Wildman–Crippen LogP) is 2.82. The van der Waals surface area contributed by atoms with E-state index in [0.717, 1.165) is 11.3 Å². The van der Waals surface area contributed by atoms with Crippen LogP contribution in [0.5, 0.6) is 11.5 Å². The molecule has 0 fully saturated rings. The third-order valence-corrected chi connectivity index (χ3v) is 3.68. The van der Waals surface area contributed by atoms with Gasteiger partial charge in [-0.25, -0.2) is 0 Å². The van der Waals surface area contributed by atoms with Gasteiger partial charge in [0.1, 0.15) is 0 Å². The number of primary amides is 1. The first-order chi connectivity index (χ1) is 11.6. The molecule has 0 unspecified atom stereocenters. The number of hydrogen-bond acceptors (Lipinski definition) is 5. The number of hydrogen-bond donors (Lipinski definition) is 2. The zero-order chi connectivity index (χ0) is 17.4. The second kappa shape index (κ2) is 10.9. The summed E-state index contributed by atoms with van der Waals surface area (Å²) in [7, 11) is 0. The average molecular weight is 431 g/mol. The van der Waals surface area contributed by atoms with E-state index in [1.807, 2.05) is 37.3 Å². The highest BCUT2D eigenvalue weighted by Gasteiger charge is 2.13. The van der Waals surface area contributed by atoms with Crippen LogP contribution in [-0.2, 0) is 17.9 Å². The molecule has 136 valence electrons. The number of amides is 1. The van der Waals surface area contributed by atoms with E-state index in [0.29, 0.717) is 35.7 Å². The van der Waals surface area contributed by atoms with E-state index in [9.17, 15) is 4.79 Å². The van der Waals surface area contributed by atoms with Crippen molar-refractivity contribution in [1.29, 1.82) is 0 Å². The Morgan fingerprint density at radius 1 is 1.28 bits per heavy atom. The Balaban J connectivity index is 0.00000312. The van der Waals surface area contributed by atoms with Gasteiger partial charge >= 0.3 is 0 Å². The normalized spacial score (nSPS) is 10.0. The first kappa shape index (κ1) is 21.2. The summed E-state index contributed by atoms with van der Waals surface area (Å²) in [5.74, 6) is 0.511. The molecule has 1 heterocycles. The van der Waals surface area contributed by atoms with Gasteiger partial charge in [0.15, 0.2) is 18.1 Å². The van der Waals surface area contributed by atoms with E-state index in [1.54, 1.807) is 6.20 Å². The van der Waals surface area contributed by atoms with Crippen molar-refractivity contribution in [3.63, 3.8) is 0 Å². The molecule has 2 aromatic rings. The van der Waals surface area contributed by atoms with Crippen LogP contribution < -0.4 is 20.5 Å². The minimum Gasteiger partial charge on any atom is -0.490 e. The van der Waals surface area contributed by atoms with Crippen LogP contribution in [0.2, 0.25) is 0 Å². The van der Waals surface area contributed by atoms with Gasteiger partial charge in [-0.1, -0.05) is 6.07 Å². The molecular weight excluding hydrogens is 410 g/mol. The van der Waals surface area contributed by atoms with Gasteiger partial charge in [0.05, 0.1) is 16.8 Å². The first-order valence-electron chi connectivity index (χ1n) is 7.57. The number of carbonyl (C=O) groups excluding carboxylic acids is 1. The van der Waals surface area contributed by atoms with Gasteiger partial charge in [-0.05, 0) is 52.7 Å². The van der Waals surface area contributed by atoms with Crippen LogP contribution in [-0.4, -0.2) is 24.1 Å². The molecule has 3 N–H and O–H groups in total. The highest BCUT2D eigenvalue weighted by Crippen LogP contribution is 2.36. The zero-order valence-electron chi connectivity index (χ0n) is 13.8. The molecule has 2 rings (SSSR count). The molecule has 0 atom stereocenters. The predicted molar refractivity (Wildman–Crippen MR) is 102 cm³/mol. The molecule has 0 saturated carbocycles. The molecule has 0 aliphatic heterocycles. The van der Waals surface area contributed by atoms with Crippen LogP contribution in [0.25, 0.3) is 0 Å². The Morgan fingerprint density at radius 3 is 2.72 bits per heavy atom. The summed E-state index contributed by atoms with van der Waals surface area (Å²) in [5, 5.41) is 3.33. The molecule has 6 nitrogen and oxygen atoms in total. The van der Waals surface area contributed by atoms with Crippen LogP contribution in [0.4, 0.5) is 0 Å². The summed E-state index contributed by atoms with van der Waals surface area (Å²) in [5.41, 5.74) is 7.13. The number of nitrogens with zero attached hydrogens (tertiary/aromatic N) is 1. The molecule has 0 bridgehead atoms. The minimum absolute atomic E-state index is 0. The summed E-state index contributed by atoms with van der Waals surface area (Å²) < 4.78 is 11.8. The molecule has 1 aromatic heterocycles. The van der Waals surface area contributed by atoms with Gasteiger partial charge in [0, 0.05) is 19.3 Å². The number of aromatic nitrogens is 1. The molecule has 0 saturated heterocycles. The minimum atomic E-state index is -0.537. The van der Waals surface area contributed by atoms with E-state index < -0.39 is 5.91 Å². The molecular formula is C17H21BrClN3O3. The number of ether oxygens (including phenoxy) is 2. The molecule has 25 heavy (non-hydrogen) atoms. The van der Waals surface area contributed by atoms with Crippen LogP contribution in [0.1, 0.15) is 18.2 Å². The molecule has 0 aliphatic rings. The Labute approximate surface area is 161 Å². The van der Waals surface area contributed by atoms with Gasteiger partial charge in [-0.15, -0.1) is 12.4 Å². The van der Waals surface area contributed by atoms with Gasteiger partial charge < -0.3 is 20.5 Å². The van der Waals surface area contributed by atoms with Gasteiger partial charge in [-0.3, -0.25) is 9.78 Å². The molecule has 1 amide bonds. The van der Waals surface area contributed by atoms with Crippen LogP contribution in [0.3, 0.4) is 0 Å². The number of carbonyl (C=O) groups is 1. The average Bonchev–Trinajstić information content (AvgIpc) is 2.55. The SMILES string of the molecule is CCOc1cc(CNCc2ccccn2)cc(Br)c1OCC(N)=O.Cl. The molecule has 0 radical (unpaired) electrons. The lowest BCUT2D eigenvalue weighted by molar-refractivity contribution is -0.119. The van der Waals surface area contributed by atoms with E-state index in [1.165, 1.54) is 0 Å². The fourth-order valence-corrected chi connectivity index (χ4v) is 2.71. The molecule has 0 spiro atoms. The second-order valence-electron chi connectivity index (χ2n) is 5.02. The largest absolute Gasteiger partial charge is 0.490 e. The maximum Gasteiger partial charge on any atom is 0.255 e. The third kappa shape index (κ3) is 6.89. The summed E-state index contributed by atoms with van der Waals surface area (Å²) in [4.78, 5) is 15.2. The second-order valence-corrected chi connectivity index (χ2v) is 5.87. The van der Waals surface area contributed by atoms with Gasteiger partial charge in [0.2, 0.25) is 0 Å². The quantitative estimate of drug-likeness (QED) is 0.639. The Hall–Kier alpha value is -1.83. The maximum atomic E-state index is 10.9. The molecule has 0 aliphatic carbocycles. The summed E-state index contributed by atoms with van der Waals surface area (Å²) >= 11 is 3.46. The van der Waals surface area contributed by atoms with E-state index in [4.69, 9.17) is 15.2 Å². The third-order valence-electron chi connectivity index (χ3n) is 3.09. The number of nitrogens with two attached hydrogens (primary N) is 1. The van der Waals surface area contributed by atoms with E-state index >= 15 is 0 Å². The van der Waals surface area contributed by atoms with Crippen molar-refractivity contribution in [3.8, 4) is 11.5 Å². The summed E-state index contributed by atoms with van der Waals surface area (Å²) in [6.45, 7) is 3.49. The van der Waals surface area contributed by atoms with Crippen molar-refractivity contribution in [1.82, 2.24) is 10.3 Å². The smallest absolute Gasteiger partial charge is 0.255 e. The van der Waals surface area contributed by atoms with Crippen molar-refractivity contribution in [2.45, 2.75) is 20.0 Å². The van der Waals surface area contributed by atoms with Gasteiger partial charge in [0.25, 0.3) is 5.91 Å². The monoisotopic (exact) mass is 429 g/mol. The molecule has 1 aromatic carbocycles. The van der Waals surface area contributed by atoms with Crippen molar-refractivity contribution >= 4 is 34.2 Å².